The van der Waals surface area contributed by atoms with Crippen LogP contribution >= 0.6 is 0 Å². The molecule has 9 nitrogen and oxygen atoms in total. The lowest BCUT2D eigenvalue weighted by atomic mass is 9.95. The number of anilines is 1. The molecule has 3 heterocycles. The molecule has 2 aliphatic heterocycles. The average molecular weight is 564 g/mol. The van der Waals surface area contributed by atoms with E-state index >= 15 is 0 Å². The van der Waals surface area contributed by atoms with E-state index in [1.54, 1.807) is 9.58 Å². The van der Waals surface area contributed by atoms with Crippen molar-refractivity contribution < 1.29 is 19.2 Å². The number of hydrogen-bond donors (Lipinski definition) is 2. The quantitative estimate of drug-likeness (QED) is 0.500. The number of Topliss-reactive ketones (excluding diaryl/α,β-unsaturated/α-hetero) is 2. The molecule has 3 aliphatic rings. The summed E-state index contributed by atoms with van der Waals surface area (Å²) in [6.45, 7) is 10.9. The number of ketones is 2. The third-order valence-electron chi connectivity index (χ3n) is 9.33. The summed E-state index contributed by atoms with van der Waals surface area (Å²) in [6, 6.07) is 3.56. The number of carbonyl (C=O) groups excluding carboxylic acids is 4. The van der Waals surface area contributed by atoms with Crippen LogP contribution in [-0.4, -0.2) is 63.2 Å². The number of hydrogen-bond acceptors (Lipinski definition) is 6. The van der Waals surface area contributed by atoms with Gasteiger partial charge in [-0.15, -0.1) is 0 Å². The van der Waals surface area contributed by atoms with Gasteiger partial charge in [0.15, 0.2) is 11.6 Å². The fraction of sp³-hybridized carbons (Fsp3) is 0.656. The summed E-state index contributed by atoms with van der Waals surface area (Å²) in [6.07, 6.45) is 6.19. The first-order valence-corrected chi connectivity index (χ1v) is 15.4. The highest BCUT2D eigenvalue weighted by molar-refractivity contribution is 6.06. The molecule has 2 fully saturated rings. The van der Waals surface area contributed by atoms with Crippen LogP contribution in [0.4, 0.5) is 5.69 Å². The van der Waals surface area contributed by atoms with Gasteiger partial charge in [0, 0.05) is 54.9 Å². The molecule has 2 aromatic rings. The Balaban J connectivity index is 1.56. The Labute approximate surface area is 242 Å². The van der Waals surface area contributed by atoms with Crippen molar-refractivity contribution in [2.45, 2.75) is 105 Å². The smallest absolute Gasteiger partial charge is 0.245 e. The van der Waals surface area contributed by atoms with E-state index in [0.29, 0.717) is 31.0 Å². The lowest BCUT2D eigenvalue weighted by Crippen LogP contribution is -2.44. The van der Waals surface area contributed by atoms with Gasteiger partial charge < -0.3 is 15.5 Å². The molecule has 1 saturated carbocycles. The van der Waals surface area contributed by atoms with Gasteiger partial charge in [-0.25, -0.2) is 0 Å². The van der Waals surface area contributed by atoms with Crippen LogP contribution in [0.3, 0.4) is 0 Å². The van der Waals surface area contributed by atoms with Crippen LogP contribution in [0.1, 0.15) is 95.6 Å². The SMILES string of the molecule is CCC(=O)[C@@H]1C[C@]23CNC(=O)[C@@H](C)CCCCCc4cc(NCC(C)C)cc5c(C(C)=O)nn(c45)CC(=O)N1[C@@H]2C3. The fourth-order valence-electron chi connectivity index (χ4n) is 6.87. The van der Waals surface area contributed by atoms with Crippen LogP contribution in [0.2, 0.25) is 0 Å². The number of nitrogens with one attached hydrogen (secondary N) is 2. The highest BCUT2D eigenvalue weighted by atomic mass is 16.2. The number of nitrogens with zero attached hydrogens (tertiary/aromatic N) is 3. The number of aryl methyl sites for hydroxylation is 1. The zero-order valence-corrected chi connectivity index (χ0v) is 25.2. The molecule has 0 radical (unpaired) electrons. The summed E-state index contributed by atoms with van der Waals surface area (Å²) < 4.78 is 1.70. The van der Waals surface area contributed by atoms with Crippen LogP contribution in [0, 0.1) is 17.3 Å². The third-order valence-corrected chi connectivity index (χ3v) is 9.33. The van der Waals surface area contributed by atoms with E-state index in [0.717, 1.165) is 67.2 Å². The highest BCUT2D eigenvalue weighted by Gasteiger charge is 2.66. The molecule has 1 aromatic carbocycles. The van der Waals surface area contributed by atoms with E-state index in [1.165, 1.54) is 6.92 Å². The molecule has 2 bridgehead atoms. The molecule has 1 aromatic heterocycles. The molecule has 4 atom stereocenters. The first-order valence-electron chi connectivity index (χ1n) is 15.4. The Kier molecular flexibility index (Phi) is 8.26. The minimum atomic E-state index is -0.486. The second-order valence-corrected chi connectivity index (χ2v) is 13.0. The molecule has 222 valence electrons. The lowest BCUT2D eigenvalue weighted by molar-refractivity contribution is -0.139. The molecule has 2 amide bonds. The molecule has 0 unspecified atom stereocenters. The zero-order valence-electron chi connectivity index (χ0n) is 25.2. The van der Waals surface area contributed by atoms with Gasteiger partial charge in [0.2, 0.25) is 11.8 Å². The van der Waals surface area contributed by atoms with Crippen molar-refractivity contribution in [1.29, 1.82) is 0 Å². The van der Waals surface area contributed by atoms with Crippen molar-refractivity contribution in [2.24, 2.45) is 17.3 Å². The second-order valence-electron chi connectivity index (χ2n) is 13.0. The van der Waals surface area contributed by atoms with E-state index in [4.69, 9.17) is 5.10 Å². The number of benzene rings is 1. The van der Waals surface area contributed by atoms with Gasteiger partial charge >= 0.3 is 0 Å². The minimum Gasteiger partial charge on any atom is -0.385 e. The monoisotopic (exact) mass is 563 g/mol. The van der Waals surface area contributed by atoms with Crippen LogP contribution in [0.25, 0.3) is 10.9 Å². The van der Waals surface area contributed by atoms with E-state index in [2.05, 4.69) is 30.5 Å². The van der Waals surface area contributed by atoms with Crippen molar-refractivity contribution in [1.82, 2.24) is 20.0 Å². The normalized spacial score (nSPS) is 27.0. The molecule has 1 saturated heterocycles. The van der Waals surface area contributed by atoms with Gasteiger partial charge in [-0.05, 0) is 55.7 Å². The summed E-state index contributed by atoms with van der Waals surface area (Å²) in [5.41, 5.74) is 2.96. The Morgan fingerprint density at radius 1 is 1.17 bits per heavy atom. The fourth-order valence-corrected chi connectivity index (χ4v) is 6.87. The van der Waals surface area contributed by atoms with Gasteiger partial charge in [0.1, 0.15) is 12.2 Å². The van der Waals surface area contributed by atoms with E-state index in [9.17, 15) is 19.2 Å². The van der Waals surface area contributed by atoms with Gasteiger partial charge in [0.25, 0.3) is 0 Å². The van der Waals surface area contributed by atoms with E-state index in [-0.39, 0.29) is 47.3 Å². The van der Waals surface area contributed by atoms with Crippen molar-refractivity contribution in [3.63, 3.8) is 0 Å². The number of rotatable bonds is 6. The number of aromatic nitrogens is 2. The summed E-state index contributed by atoms with van der Waals surface area (Å²) >= 11 is 0. The van der Waals surface area contributed by atoms with Gasteiger partial charge in [-0.1, -0.05) is 40.5 Å². The summed E-state index contributed by atoms with van der Waals surface area (Å²) in [4.78, 5) is 54.5. The Morgan fingerprint density at radius 3 is 2.66 bits per heavy atom. The largest absolute Gasteiger partial charge is 0.385 e. The lowest BCUT2D eigenvalue weighted by Gasteiger charge is -2.26. The first-order chi connectivity index (χ1) is 19.5. The van der Waals surface area contributed by atoms with Crippen LogP contribution in [0.15, 0.2) is 12.1 Å². The average Bonchev–Trinajstić information content (AvgIpc) is 3.35. The van der Waals surface area contributed by atoms with Crippen LogP contribution in [0.5, 0.6) is 0 Å². The molecular weight excluding hydrogens is 518 g/mol. The number of carbonyl (C=O) groups is 4. The topological polar surface area (TPSA) is 113 Å². The summed E-state index contributed by atoms with van der Waals surface area (Å²) in [5, 5.41) is 12.1. The molecular formula is C32H45N5O4. The minimum absolute atomic E-state index is 0.0288. The van der Waals surface area contributed by atoms with Gasteiger partial charge in [0.05, 0.1) is 11.6 Å². The predicted molar refractivity (Wildman–Crippen MR) is 159 cm³/mol. The molecule has 0 spiro atoms. The van der Waals surface area contributed by atoms with Crippen molar-refractivity contribution in [3.8, 4) is 0 Å². The van der Waals surface area contributed by atoms with Crippen molar-refractivity contribution in [3.05, 3.63) is 23.4 Å². The Morgan fingerprint density at radius 2 is 1.95 bits per heavy atom. The molecule has 1 aliphatic carbocycles. The van der Waals surface area contributed by atoms with Crippen LogP contribution < -0.4 is 10.6 Å². The van der Waals surface area contributed by atoms with Gasteiger partial charge in [-0.3, -0.25) is 23.9 Å². The number of amides is 2. The summed E-state index contributed by atoms with van der Waals surface area (Å²) in [7, 11) is 0. The van der Waals surface area contributed by atoms with E-state index < -0.39 is 6.04 Å². The molecule has 5 rings (SSSR count). The van der Waals surface area contributed by atoms with Crippen molar-refractivity contribution >= 4 is 40.0 Å². The number of piperidine rings is 1. The predicted octanol–water partition coefficient (Wildman–Crippen LogP) is 4.51. The van der Waals surface area contributed by atoms with Crippen molar-refractivity contribution in [2.75, 3.05) is 18.4 Å². The molecule has 41 heavy (non-hydrogen) atoms. The first kappa shape index (κ1) is 29.3. The maximum absolute atomic E-state index is 14.0. The Hall–Kier alpha value is -3.23. The van der Waals surface area contributed by atoms with E-state index in [1.807, 2.05) is 19.9 Å². The van der Waals surface area contributed by atoms with Gasteiger partial charge in [-0.2, -0.15) is 5.10 Å². The summed E-state index contributed by atoms with van der Waals surface area (Å²) in [5.74, 6) is 0.188. The Bertz CT molecular complexity index is 1360. The second kappa shape index (κ2) is 11.6. The maximum Gasteiger partial charge on any atom is 0.245 e. The zero-order chi connectivity index (χ0) is 29.5. The third kappa shape index (κ3) is 5.77. The van der Waals surface area contributed by atoms with Crippen LogP contribution in [-0.2, 0) is 27.3 Å². The maximum atomic E-state index is 14.0. The standard InChI is InChI=1S/C32H45N5O4/c1-6-26(39)25-14-32-15-27(32)37(25)28(40)17-36-30-22(11-9-7-8-10-20(4)31(41)34-18-32)12-23(33-16-19(2)3)13-24(30)29(35-36)21(5)38/h12-13,19-20,25,27,33H,6-11,14-18H2,1-5H3,(H,34,41)/t20-,25-,27+,32-/m0/s1. The molecule has 2 N–H and O–H groups in total. The highest BCUT2D eigenvalue weighted by Crippen LogP contribution is 2.59. The molecule has 9 heteroatoms.